The Morgan fingerprint density at radius 3 is 1.19 bits per heavy atom. The van der Waals surface area contributed by atoms with Gasteiger partial charge in [0.25, 0.3) is 0 Å². The molecule has 17 nitrogen and oxygen atoms in total. The number of aliphatic hydroxyl groups is 10. The molecule has 0 bridgehead atoms. The largest absolute Gasteiger partial charge is 0.388 e. The quantitative estimate of drug-likeness (QED) is 0.148. The zero-order valence-electron chi connectivity index (χ0n) is 19.4. The summed E-state index contributed by atoms with van der Waals surface area (Å²) >= 11 is 0. The van der Waals surface area contributed by atoms with Crippen molar-refractivity contribution in [2.24, 2.45) is 0 Å². The van der Waals surface area contributed by atoms with Crippen molar-refractivity contribution in [2.75, 3.05) is 26.4 Å². The third-order valence-electron chi connectivity index (χ3n) is 6.70. The van der Waals surface area contributed by atoms with Crippen molar-refractivity contribution < 1.29 is 84.2 Å². The van der Waals surface area contributed by atoms with Crippen LogP contribution in [0.1, 0.15) is 0 Å². The van der Waals surface area contributed by atoms with Crippen LogP contribution in [0.4, 0.5) is 0 Å². The Morgan fingerprint density at radius 2 is 0.730 bits per heavy atom. The summed E-state index contributed by atoms with van der Waals surface area (Å²) in [5.41, 5.74) is 0. The normalized spacial score (nSPS) is 53.7. The van der Waals surface area contributed by atoms with Crippen LogP contribution in [0.25, 0.3) is 0 Å². The molecule has 0 aromatic heterocycles. The van der Waals surface area contributed by atoms with Gasteiger partial charge in [-0.05, 0) is 0 Å². The second-order valence-corrected chi connectivity index (χ2v) is 9.34. The lowest BCUT2D eigenvalue weighted by atomic mass is 10.0. The van der Waals surface area contributed by atoms with Crippen LogP contribution >= 0.6 is 0 Å². The van der Waals surface area contributed by atoms with E-state index in [2.05, 4.69) is 0 Å². The molecule has 0 spiro atoms. The maximum atomic E-state index is 10.5. The molecule has 0 aromatic rings. The van der Waals surface area contributed by atoms with Gasteiger partial charge in [0.2, 0.25) is 0 Å². The lowest BCUT2D eigenvalue weighted by molar-refractivity contribution is -0.356. The summed E-state index contributed by atoms with van der Waals surface area (Å²) in [6, 6.07) is 0. The maximum absolute atomic E-state index is 10.5. The smallest absolute Gasteiger partial charge is 0.186 e. The monoisotopic (exact) mass is 546 g/mol. The molecule has 0 unspecified atom stereocenters. The van der Waals surface area contributed by atoms with Gasteiger partial charge in [0.05, 0.1) is 26.4 Å². The van der Waals surface area contributed by atoms with E-state index in [9.17, 15) is 51.1 Å². The summed E-state index contributed by atoms with van der Waals surface area (Å²) in [6.07, 6.45) is -24.0. The van der Waals surface area contributed by atoms with Crippen LogP contribution in [-0.2, 0) is 33.2 Å². The Labute approximate surface area is 209 Å². The predicted molar refractivity (Wildman–Crippen MR) is 110 cm³/mol. The van der Waals surface area contributed by atoms with Crippen LogP contribution in [0.3, 0.4) is 0 Å². The number of hydrogen-bond donors (Lipinski definition) is 10. The highest BCUT2D eigenvalue weighted by atomic mass is 16.8. The second-order valence-electron chi connectivity index (χ2n) is 9.34. The summed E-state index contributed by atoms with van der Waals surface area (Å²) < 4.78 is 37.0. The molecule has 216 valence electrons. The van der Waals surface area contributed by atoms with Gasteiger partial charge in [-0.1, -0.05) is 0 Å². The minimum absolute atomic E-state index is 0.326. The van der Waals surface area contributed by atoms with E-state index in [1.807, 2.05) is 0 Å². The molecular formula is C20H34O17. The van der Waals surface area contributed by atoms with Gasteiger partial charge >= 0.3 is 0 Å². The molecule has 0 aliphatic carbocycles. The summed E-state index contributed by atoms with van der Waals surface area (Å²) in [5.74, 6) is 0. The zero-order chi connectivity index (χ0) is 27.0. The fourth-order valence-electron chi connectivity index (χ4n) is 4.33. The molecule has 4 saturated heterocycles. The summed E-state index contributed by atoms with van der Waals surface area (Å²) in [5, 5.41) is 100. The van der Waals surface area contributed by atoms with E-state index in [-0.39, 0.29) is 26.4 Å². The molecule has 16 atom stereocenters. The highest BCUT2D eigenvalue weighted by molar-refractivity contribution is 4.91. The fraction of sp³-hybridized carbons (Fsp3) is 1.00. The minimum Gasteiger partial charge on any atom is -0.388 e. The number of ether oxygens (including phenoxy) is 7. The molecule has 10 N–H and O–H groups in total. The van der Waals surface area contributed by atoms with E-state index in [0.29, 0.717) is 0 Å². The van der Waals surface area contributed by atoms with Crippen molar-refractivity contribution in [1.29, 1.82) is 0 Å². The van der Waals surface area contributed by atoms with Gasteiger partial charge in [-0.3, -0.25) is 0 Å². The van der Waals surface area contributed by atoms with E-state index in [4.69, 9.17) is 33.2 Å². The molecular weight excluding hydrogens is 512 g/mol. The Kier molecular flexibility index (Phi) is 9.69. The molecule has 0 amide bonds. The van der Waals surface area contributed by atoms with Gasteiger partial charge < -0.3 is 84.2 Å². The first-order valence-electron chi connectivity index (χ1n) is 11.7. The molecule has 4 heterocycles. The first-order chi connectivity index (χ1) is 17.5. The van der Waals surface area contributed by atoms with Gasteiger partial charge in [-0.15, -0.1) is 0 Å². The third kappa shape index (κ3) is 6.23. The van der Waals surface area contributed by atoms with Gasteiger partial charge in [0.1, 0.15) is 73.2 Å². The molecule has 0 radical (unpaired) electrons. The molecule has 0 saturated carbocycles. The van der Waals surface area contributed by atoms with Gasteiger partial charge in [0, 0.05) is 0 Å². The number of hydrogen-bond acceptors (Lipinski definition) is 17. The Balaban J connectivity index is 1.27. The fourth-order valence-corrected chi connectivity index (χ4v) is 4.33. The maximum Gasteiger partial charge on any atom is 0.186 e. The Morgan fingerprint density at radius 1 is 0.378 bits per heavy atom. The molecule has 4 aliphatic rings. The van der Waals surface area contributed by atoms with Crippen LogP contribution in [0.2, 0.25) is 0 Å². The first kappa shape index (κ1) is 29.3. The third-order valence-corrected chi connectivity index (χ3v) is 6.70. The molecule has 17 heteroatoms. The van der Waals surface area contributed by atoms with Crippen molar-refractivity contribution in [3.05, 3.63) is 0 Å². The van der Waals surface area contributed by atoms with Gasteiger partial charge in [0.15, 0.2) is 25.2 Å². The van der Waals surface area contributed by atoms with Crippen LogP contribution in [0, 0.1) is 0 Å². The highest BCUT2D eigenvalue weighted by Gasteiger charge is 2.49. The van der Waals surface area contributed by atoms with E-state index in [1.54, 1.807) is 0 Å². The highest BCUT2D eigenvalue weighted by Crippen LogP contribution is 2.28. The predicted octanol–water partition coefficient (Wildman–Crippen LogP) is -7.19. The zero-order valence-corrected chi connectivity index (χ0v) is 19.4. The SMILES string of the molecule is O[C@@H]1[C@@H](O)[C@@H](O[C@@H]2CO[C@H](O[C@@H]3CO[C@H](O[C@@H]4CO[C@H](O)[C@H](O)[C@H]4O)[C@H](O)[C@H]3O)[C@H](O)[C@H]2O)OC[C@H]1O. The van der Waals surface area contributed by atoms with E-state index in [0.717, 1.165) is 0 Å². The van der Waals surface area contributed by atoms with Gasteiger partial charge in [-0.25, -0.2) is 0 Å². The van der Waals surface area contributed by atoms with Crippen molar-refractivity contribution in [3.63, 3.8) is 0 Å². The van der Waals surface area contributed by atoms with E-state index in [1.165, 1.54) is 0 Å². The Hall–Kier alpha value is -0.680. The molecule has 4 rings (SSSR count). The average Bonchev–Trinajstić information content (AvgIpc) is 2.88. The topological polar surface area (TPSA) is 267 Å². The van der Waals surface area contributed by atoms with Crippen molar-refractivity contribution >= 4 is 0 Å². The number of aliphatic hydroxyl groups excluding tert-OH is 10. The molecule has 4 aliphatic heterocycles. The lowest BCUT2D eigenvalue weighted by Crippen LogP contribution is -2.62. The van der Waals surface area contributed by atoms with Crippen LogP contribution in [-0.4, -0.2) is 176 Å². The Bertz CT molecular complexity index is 673. The molecule has 37 heavy (non-hydrogen) atoms. The van der Waals surface area contributed by atoms with E-state index >= 15 is 0 Å². The van der Waals surface area contributed by atoms with Crippen LogP contribution in [0.5, 0.6) is 0 Å². The van der Waals surface area contributed by atoms with Crippen LogP contribution < -0.4 is 0 Å². The molecule has 4 fully saturated rings. The van der Waals surface area contributed by atoms with Crippen molar-refractivity contribution in [2.45, 2.75) is 98.4 Å². The standard InChI is InChI=1S/C20H34O17/c21-5-1-32-18(14(27)9(5)22)36-7-3-34-20(16(29)11(7)24)37-8-4-33-19(15(28)12(8)25)35-6-2-31-17(30)13(26)10(6)23/h5-30H,1-4H2/t5-,6-,7-,8-,9+,10+,11+,12+,13-,14-,15-,16-,17+,18-,19-,20-/m1/s1. The van der Waals surface area contributed by atoms with Crippen molar-refractivity contribution in [3.8, 4) is 0 Å². The van der Waals surface area contributed by atoms with Gasteiger partial charge in [-0.2, -0.15) is 0 Å². The molecule has 0 aromatic carbocycles. The van der Waals surface area contributed by atoms with Crippen molar-refractivity contribution in [1.82, 2.24) is 0 Å². The minimum atomic E-state index is -1.71. The second kappa shape index (κ2) is 12.2. The first-order valence-corrected chi connectivity index (χ1v) is 11.7. The average molecular weight is 546 g/mol. The number of rotatable bonds is 6. The lowest BCUT2D eigenvalue weighted by Gasteiger charge is -2.44. The van der Waals surface area contributed by atoms with Crippen LogP contribution in [0.15, 0.2) is 0 Å². The summed E-state index contributed by atoms with van der Waals surface area (Å²) in [7, 11) is 0. The summed E-state index contributed by atoms with van der Waals surface area (Å²) in [6.45, 7) is -1.39. The van der Waals surface area contributed by atoms with E-state index < -0.39 is 98.4 Å². The summed E-state index contributed by atoms with van der Waals surface area (Å²) in [4.78, 5) is 0.